The van der Waals surface area contributed by atoms with Gasteiger partial charge in [-0.25, -0.2) is 4.68 Å². The molecule has 0 spiro atoms. The van der Waals surface area contributed by atoms with Crippen LogP contribution in [0.4, 0.5) is 5.82 Å². The predicted octanol–water partition coefficient (Wildman–Crippen LogP) is 4.13. The van der Waals surface area contributed by atoms with Gasteiger partial charge in [0, 0.05) is 24.6 Å². The van der Waals surface area contributed by atoms with Gasteiger partial charge >= 0.3 is 0 Å². The summed E-state index contributed by atoms with van der Waals surface area (Å²) in [4.78, 5) is 28.4. The molecule has 11 heteroatoms. The number of anilines is 1. The number of ether oxygens (including phenoxy) is 4. The van der Waals surface area contributed by atoms with Gasteiger partial charge in [0.25, 0.3) is 0 Å². The van der Waals surface area contributed by atoms with E-state index in [1.54, 1.807) is 38.0 Å². The van der Waals surface area contributed by atoms with Crippen molar-refractivity contribution in [1.29, 1.82) is 0 Å². The SMILES string of the molecule is COCCNC(=O)CN1C(=O)CS[C@@H](c2ccc(OC)c(OC)c2)c2c(C(C)(C)C)nn(-c3ccc(OC)cc3)c21. The van der Waals surface area contributed by atoms with Crippen molar-refractivity contribution in [3.05, 3.63) is 59.3 Å². The van der Waals surface area contributed by atoms with Gasteiger partial charge in [0.15, 0.2) is 11.5 Å². The largest absolute Gasteiger partial charge is 0.497 e. The van der Waals surface area contributed by atoms with Crippen molar-refractivity contribution in [3.63, 3.8) is 0 Å². The maximum atomic E-state index is 13.8. The van der Waals surface area contributed by atoms with Crippen LogP contribution in [0.5, 0.6) is 17.2 Å². The number of nitrogens with zero attached hydrogens (tertiary/aromatic N) is 3. The van der Waals surface area contributed by atoms with Crippen molar-refractivity contribution in [1.82, 2.24) is 15.1 Å². The molecule has 0 fully saturated rings. The van der Waals surface area contributed by atoms with E-state index >= 15 is 0 Å². The summed E-state index contributed by atoms with van der Waals surface area (Å²) in [7, 11) is 6.38. The maximum absolute atomic E-state index is 13.8. The van der Waals surface area contributed by atoms with Gasteiger partial charge in [0.2, 0.25) is 11.8 Å². The fraction of sp³-hybridized carbons (Fsp3) is 0.433. The summed E-state index contributed by atoms with van der Waals surface area (Å²) in [5.41, 5.74) is 3.01. The Morgan fingerprint density at radius 3 is 2.34 bits per heavy atom. The number of aromatic nitrogens is 2. The molecule has 1 aliphatic heterocycles. The first-order valence-electron chi connectivity index (χ1n) is 13.3. The van der Waals surface area contributed by atoms with Crippen molar-refractivity contribution in [2.45, 2.75) is 31.4 Å². The quantitative estimate of drug-likeness (QED) is 0.356. The average molecular weight is 583 g/mol. The van der Waals surface area contributed by atoms with E-state index < -0.39 is 0 Å². The van der Waals surface area contributed by atoms with E-state index in [4.69, 9.17) is 24.0 Å². The molecule has 2 aromatic carbocycles. The van der Waals surface area contributed by atoms with E-state index in [1.807, 2.05) is 42.5 Å². The molecule has 0 radical (unpaired) electrons. The summed E-state index contributed by atoms with van der Waals surface area (Å²) in [5.74, 6) is 2.18. The minimum atomic E-state index is -0.378. The van der Waals surface area contributed by atoms with E-state index in [9.17, 15) is 9.59 Å². The number of rotatable bonds is 10. The van der Waals surface area contributed by atoms with Crippen molar-refractivity contribution in [3.8, 4) is 22.9 Å². The lowest BCUT2D eigenvalue weighted by molar-refractivity contribution is -0.123. The van der Waals surface area contributed by atoms with Gasteiger partial charge in [-0.3, -0.25) is 14.5 Å². The molecule has 0 saturated heterocycles. The minimum Gasteiger partial charge on any atom is -0.497 e. The summed E-state index contributed by atoms with van der Waals surface area (Å²) in [6.07, 6.45) is 0. The molecule has 0 saturated carbocycles. The molecule has 2 heterocycles. The topological polar surface area (TPSA) is 104 Å². The van der Waals surface area contributed by atoms with E-state index in [1.165, 1.54) is 11.8 Å². The molecular weight excluding hydrogens is 544 g/mol. The van der Waals surface area contributed by atoms with Crippen molar-refractivity contribution in [2.75, 3.05) is 58.8 Å². The first-order valence-corrected chi connectivity index (χ1v) is 14.3. The lowest BCUT2D eigenvalue weighted by Gasteiger charge is -2.25. The Balaban J connectivity index is 1.96. The number of benzene rings is 2. The Hall–Kier alpha value is -3.70. The summed E-state index contributed by atoms with van der Waals surface area (Å²) in [6.45, 7) is 6.86. The average Bonchev–Trinajstić information content (AvgIpc) is 3.30. The van der Waals surface area contributed by atoms with Crippen LogP contribution in [0.15, 0.2) is 42.5 Å². The molecule has 0 bridgehead atoms. The van der Waals surface area contributed by atoms with Gasteiger partial charge in [-0.2, -0.15) is 5.10 Å². The molecule has 220 valence electrons. The predicted molar refractivity (Wildman–Crippen MR) is 160 cm³/mol. The second kappa shape index (κ2) is 12.9. The molecule has 4 rings (SSSR count). The molecule has 1 atom stereocenters. The van der Waals surface area contributed by atoms with Gasteiger partial charge in [-0.15, -0.1) is 11.8 Å². The third kappa shape index (κ3) is 6.46. The van der Waals surface area contributed by atoms with E-state index in [-0.39, 0.29) is 34.8 Å². The van der Waals surface area contributed by atoms with Gasteiger partial charge in [-0.05, 0) is 42.0 Å². The normalized spacial score (nSPS) is 15.2. The highest BCUT2D eigenvalue weighted by Crippen LogP contribution is 2.49. The Kier molecular flexibility index (Phi) is 9.49. The van der Waals surface area contributed by atoms with Crippen LogP contribution in [-0.2, 0) is 19.7 Å². The number of carbonyl (C=O) groups excluding carboxylic acids is 2. The van der Waals surface area contributed by atoms with E-state index in [0.29, 0.717) is 36.2 Å². The highest BCUT2D eigenvalue weighted by Gasteiger charge is 2.40. The highest BCUT2D eigenvalue weighted by atomic mass is 32.2. The van der Waals surface area contributed by atoms with Crippen LogP contribution in [0.3, 0.4) is 0 Å². The smallest absolute Gasteiger partial charge is 0.240 e. The number of amides is 2. The molecule has 0 aliphatic carbocycles. The zero-order chi connectivity index (χ0) is 29.7. The number of fused-ring (bicyclic) bond motifs is 1. The monoisotopic (exact) mass is 582 g/mol. The second-order valence-electron chi connectivity index (χ2n) is 10.6. The van der Waals surface area contributed by atoms with E-state index in [0.717, 1.165) is 22.5 Å². The van der Waals surface area contributed by atoms with Gasteiger partial charge < -0.3 is 24.3 Å². The number of hydrogen-bond acceptors (Lipinski definition) is 8. The lowest BCUT2D eigenvalue weighted by atomic mass is 9.87. The molecule has 41 heavy (non-hydrogen) atoms. The Morgan fingerprint density at radius 2 is 1.73 bits per heavy atom. The first kappa shape index (κ1) is 30.3. The summed E-state index contributed by atoms with van der Waals surface area (Å²) in [5, 5.41) is 7.69. The minimum absolute atomic E-state index is 0.153. The number of thioether (sulfide) groups is 1. The summed E-state index contributed by atoms with van der Waals surface area (Å²) >= 11 is 1.51. The lowest BCUT2D eigenvalue weighted by Crippen LogP contribution is -2.43. The molecular formula is C30H38N4O6S. The third-order valence-electron chi connectivity index (χ3n) is 6.76. The van der Waals surface area contributed by atoms with Crippen LogP contribution in [0.1, 0.15) is 42.8 Å². The summed E-state index contributed by atoms with van der Waals surface area (Å²) in [6, 6.07) is 13.3. The molecule has 1 aliphatic rings. The molecule has 1 aromatic heterocycles. The number of carbonyl (C=O) groups is 2. The maximum Gasteiger partial charge on any atom is 0.240 e. The number of hydrogen-bond donors (Lipinski definition) is 1. The van der Waals surface area contributed by atoms with Crippen LogP contribution in [0.25, 0.3) is 5.69 Å². The van der Waals surface area contributed by atoms with Crippen LogP contribution in [0, 0.1) is 0 Å². The standard InChI is InChI=1S/C30H38N4O6S/c1-30(2,3)28-26-27(19-8-13-22(39-6)23(16-19)40-7)41-18-25(36)33(17-24(35)31-14-15-37-4)29(26)34(32-28)20-9-11-21(38-5)12-10-20/h8-13,16,27H,14-15,17-18H2,1-7H3,(H,31,35)/t27-/m0/s1. The zero-order valence-corrected chi connectivity index (χ0v) is 25.5. The molecule has 0 unspecified atom stereocenters. The molecule has 10 nitrogen and oxygen atoms in total. The van der Waals surface area contributed by atoms with Gasteiger partial charge in [0.1, 0.15) is 18.1 Å². The van der Waals surface area contributed by atoms with E-state index in [2.05, 4.69) is 26.1 Å². The molecule has 2 amide bonds. The fourth-order valence-corrected chi connectivity index (χ4v) is 5.94. The number of nitrogens with one attached hydrogen (secondary N) is 1. The first-order chi connectivity index (χ1) is 19.6. The second-order valence-corrected chi connectivity index (χ2v) is 11.7. The zero-order valence-electron chi connectivity index (χ0n) is 24.6. The van der Waals surface area contributed by atoms with Crippen molar-refractivity contribution in [2.24, 2.45) is 0 Å². The molecule has 3 aromatic rings. The number of methoxy groups -OCH3 is 4. The van der Waals surface area contributed by atoms with Crippen LogP contribution in [0.2, 0.25) is 0 Å². The molecule has 1 N–H and O–H groups in total. The summed E-state index contributed by atoms with van der Waals surface area (Å²) < 4.78 is 23.3. The third-order valence-corrected chi connectivity index (χ3v) is 8.01. The van der Waals surface area contributed by atoms with Crippen molar-refractivity contribution >= 4 is 29.4 Å². The van der Waals surface area contributed by atoms with Crippen LogP contribution < -0.4 is 24.4 Å². The van der Waals surface area contributed by atoms with Crippen LogP contribution in [-0.4, -0.2) is 75.5 Å². The van der Waals surface area contributed by atoms with Crippen LogP contribution >= 0.6 is 11.8 Å². The highest BCUT2D eigenvalue weighted by molar-refractivity contribution is 8.00. The Morgan fingerprint density at radius 1 is 1.02 bits per heavy atom. The van der Waals surface area contributed by atoms with Crippen molar-refractivity contribution < 1.29 is 28.5 Å². The Bertz CT molecular complexity index is 1380. The van der Waals surface area contributed by atoms with Gasteiger partial charge in [0.05, 0.1) is 50.3 Å². The van der Waals surface area contributed by atoms with Gasteiger partial charge in [-0.1, -0.05) is 26.8 Å². The Labute approximate surface area is 245 Å². The fourth-order valence-electron chi connectivity index (χ4n) is 4.75.